The van der Waals surface area contributed by atoms with Crippen LogP contribution in [-0.2, 0) is 4.79 Å². The predicted molar refractivity (Wildman–Crippen MR) is 85.1 cm³/mol. The van der Waals surface area contributed by atoms with Crippen molar-refractivity contribution in [3.63, 3.8) is 0 Å². The summed E-state index contributed by atoms with van der Waals surface area (Å²) in [5.41, 5.74) is 8.50. The fraction of sp³-hybridized carbons (Fsp3) is 0.667. The Labute approximate surface area is 132 Å². The van der Waals surface area contributed by atoms with Crippen LogP contribution in [0.5, 0.6) is 0 Å². The maximum Gasteiger partial charge on any atom is 0.161 e. The van der Waals surface area contributed by atoms with E-state index >= 15 is 0 Å². The van der Waals surface area contributed by atoms with Gasteiger partial charge in [0.05, 0.1) is 11.6 Å². The molecule has 1 aliphatic heterocycles. The second-order valence-electron chi connectivity index (χ2n) is 7.77. The summed E-state index contributed by atoms with van der Waals surface area (Å²) in [7, 11) is 0. The summed E-state index contributed by atoms with van der Waals surface area (Å²) < 4.78 is 0. The molecule has 0 saturated heterocycles. The average Bonchev–Trinajstić information content (AvgIpc) is 2.45. The van der Waals surface area contributed by atoms with Crippen LogP contribution < -0.4 is 11.1 Å². The Balaban J connectivity index is 2.04. The Hall–Kier alpha value is -1.76. The topological polar surface area (TPSA) is 78.9 Å². The third-order valence-electron chi connectivity index (χ3n) is 5.36. The highest BCUT2D eigenvalue weighted by Crippen LogP contribution is 2.47. The molecule has 1 unspecified atom stereocenters. The lowest BCUT2D eigenvalue weighted by molar-refractivity contribution is -0.118. The van der Waals surface area contributed by atoms with Gasteiger partial charge >= 0.3 is 0 Å². The average molecular weight is 299 g/mol. The zero-order valence-corrected chi connectivity index (χ0v) is 13.5. The van der Waals surface area contributed by atoms with Crippen molar-refractivity contribution in [1.82, 2.24) is 5.32 Å². The third-order valence-corrected chi connectivity index (χ3v) is 5.36. The highest BCUT2D eigenvalue weighted by Gasteiger charge is 2.43. The molecule has 0 bridgehead atoms. The molecule has 2 aliphatic carbocycles. The number of nitrogens with two attached hydrogens (primary N) is 1. The number of allylic oxidation sites excluding steroid dienone is 3. The Bertz CT molecular complexity index is 600. The van der Waals surface area contributed by atoms with Crippen LogP contribution in [0.25, 0.3) is 0 Å². The summed E-state index contributed by atoms with van der Waals surface area (Å²) in [6.07, 6.45) is 7.22. The molecule has 3 rings (SSSR count). The van der Waals surface area contributed by atoms with Gasteiger partial charge in [0.15, 0.2) is 5.78 Å². The summed E-state index contributed by atoms with van der Waals surface area (Å²) in [6, 6.07) is 2.28. The van der Waals surface area contributed by atoms with Crippen LogP contribution in [0.2, 0.25) is 0 Å². The van der Waals surface area contributed by atoms with Crippen LogP contribution in [0.1, 0.15) is 58.8 Å². The Morgan fingerprint density at radius 2 is 1.91 bits per heavy atom. The Morgan fingerprint density at radius 3 is 2.55 bits per heavy atom. The van der Waals surface area contributed by atoms with Crippen molar-refractivity contribution in [2.24, 2.45) is 23.0 Å². The fourth-order valence-corrected chi connectivity index (χ4v) is 4.42. The normalized spacial score (nSPS) is 29.0. The van der Waals surface area contributed by atoms with Gasteiger partial charge in [-0.05, 0) is 30.6 Å². The second kappa shape index (κ2) is 5.46. The lowest BCUT2D eigenvalue weighted by atomic mass is 9.65. The molecule has 4 heteroatoms. The van der Waals surface area contributed by atoms with E-state index < -0.39 is 0 Å². The minimum absolute atomic E-state index is 0.0372. The molecular weight excluding hydrogens is 274 g/mol. The molecule has 0 spiro atoms. The van der Waals surface area contributed by atoms with Crippen LogP contribution in [0, 0.1) is 28.6 Å². The first-order chi connectivity index (χ1) is 10.4. The number of hydrogen-bond acceptors (Lipinski definition) is 4. The largest absolute Gasteiger partial charge is 0.384 e. The molecule has 1 saturated carbocycles. The summed E-state index contributed by atoms with van der Waals surface area (Å²) in [5, 5.41) is 12.7. The Kier molecular flexibility index (Phi) is 3.76. The lowest BCUT2D eigenvalue weighted by Gasteiger charge is -2.41. The van der Waals surface area contributed by atoms with Gasteiger partial charge in [0.25, 0.3) is 0 Å². The first-order valence-corrected chi connectivity index (χ1v) is 8.36. The van der Waals surface area contributed by atoms with Crippen LogP contribution in [-0.4, -0.2) is 5.78 Å². The van der Waals surface area contributed by atoms with Gasteiger partial charge in [-0.2, -0.15) is 5.26 Å². The SMILES string of the molecule is CC1(C)CC(=O)C2=C(C1)NC(N)=C(C#N)C2C1CCCCC1. The molecule has 4 nitrogen and oxygen atoms in total. The molecule has 1 heterocycles. The first kappa shape index (κ1) is 15.1. The van der Waals surface area contributed by atoms with Crippen molar-refractivity contribution in [3.05, 3.63) is 22.7 Å². The van der Waals surface area contributed by atoms with Gasteiger partial charge in [0.2, 0.25) is 0 Å². The van der Waals surface area contributed by atoms with E-state index in [-0.39, 0.29) is 17.1 Å². The van der Waals surface area contributed by atoms with Gasteiger partial charge in [0, 0.05) is 23.6 Å². The standard InChI is InChI=1S/C18H25N3O/c1-18(2)8-13-16(14(22)9-18)15(11-6-4-3-5-7-11)12(10-19)17(20)21-13/h11,15,21H,3-9,20H2,1-2H3. The van der Waals surface area contributed by atoms with Crippen molar-refractivity contribution >= 4 is 5.78 Å². The maximum absolute atomic E-state index is 12.8. The summed E-state index contributed by atoms with van der Waals surface area (Å²) in [5.74, 6) is 0.973. The number of rotatable bonds is 1. The molecule has 3 aliphatic rings. The zero-order chi connectivity index (χ0) is 15.9. The van der Waals surface area contributed by atoms with Crippen LogP contribution in [0.15, 0.2) is 22.7 Å². The molecule has 1 fully saturated rings. The van der Waals surface area contributed by atoms with Gasteiger partial charge in [-0.15, -0.1) is 0 Å². The lowest BCUT2D eigenvalue weighted by Crippen LogP contribution is -2.42. The summed E-state index contributed by atoms with van der Waals surface area (Å²) >= 11 is 0. The van der Waals surface area contributed by atoms with Crippen molar-refractivity contribution in [2.45, 2.75) is 58.8 Å². The number of ketones is 1. The molecule has 1 atom stereocenters. The van der Waals surface area contributed by atoms with Gasteiger partial charge in [-0.1, -0.05) is 33.1 Å². The number of carbonyl (C=O) groups is 1. The predicted octanol–water partition coefficient (Wildman–Crippen LogP) is 3.12. The number of carbonyl (C=O) groups excluding carboxylic acids is 1. The van der Waals surface area contributed by atoms with Crippen molar-refractivity contribution in [3.8, 4) is 6.07 Å². The van der Waals surface area contributed by atoms with Gasteiger partial charge < -0.3 is 11.1 Å². The van der Waals surface area contributed by atoms with Gasteiger partial charge in [-0.25, -0.2) is 0 Å². The minimum atomic E-state index is -0.0786. The van der Waals surface area contributed by atoms with E-state index in [1.807, 2.05) is 0 Å². The maximum atomic E-state index is 12.8. The summed E-state index contributed by atoms with van der Waals surface area (Å²) in [4.78, 5) is 12.8. The Morgan fingerprint density at radius 1 is 1.23 bits per heavy atom. The van der Waals surface area contributed by atoms with E-state index in [9.17, 15) is 10.1 Å². The van der Waals surface area contributed by atoms with Crippen molar-refractivity contribution in [2.75, 3.05) is 0 Å². The number of hydrogen-bond donors (Lipinski definition) is 2. The molecule has 0 radical (unpaired) electrons. The molecule has 22 heavy (non-hydrogen) atoms. The molecule has 118 valence electrons. The van der Waals surface area contributed by atoms with Gasteiger partial charge in [-0.3, -0.25) is 4.79 Å². The number of nitrogens with zero attached hydrogens (tertiary/aromatic N) is 1. The minimum Gasteiger partial charge on any atom is -0.384 e. The molecule has 0 aromatic carbocycles. The molecular formula is C18H25N3O. The quantitative estimate of drug-likeness (QED) is 0.779. The first-order valence-electron chi connectivity index (χ1n) is 8.36. The fourth-order valence-electron chi connectivity index (χ4n) is 4.42. The van der Waals surface area contributed by atoms with Crippen LogP contribution in [0.3, 0.4) is 0 Å². The molecule has 3 N–H and O–H groups in total. The number of Topliss-reactive ketones (excluding diaryl/α,β-unsaturated/α-hetero) is 1. The smallest absolute Gasteiger partial charge is 0.161 e. The van der Waals surface area contributed by atoms with Crippen molar-refractivity contribution in [1.29, 1.82) is 5.26 Å². The zero-order valence-electron chi connectivity index (χ0n) is 13.5. The number of nitrogens with one attached hydrogen (secondary N) is 1. The van der Waals surface area contributed by atoms with E-state index in [4.69, 9.17) is 5.73 Å². The van der Waals surface area contributed by atoms with Crippen LogP contribution >= 0.6 is 0 Å². The highest BCUT2D eigenvalue weighted by molar-refractivity contribution is 5.99. The van der Waals surface area contributed by atoms with E-state index in [0.29, 0.717) is 23.7 Å². The van der Waals surface area contributed by atoms with Crippen LogP contribution in [0.4, 0.5) is 0 Å². The van der Waals surface area contributed by atoms with E-state index in [1.165, 1.54) is 19.3 Å². The molecule has 0 aromatic heterocycles. The second-order valence-corrected chi connectivity index (χ2v) is 7.77. The molecule has 0 amide bonds. The van der Waals surface area contributed by atoms with E-state index in [2.05, 4.69) is 25.2 Å². The summed E-state index contributed by atoms with van der Waals surface area (Å²) in [6.45, 7) is 4.23. The van der Waals surface area contributed by atoms with E-state index in [1.54, 1.807) is 0 Å². The molecule has 0 aromatic rings. The monoisotopic (exact) mass is 299 g/mol. The van der Waals surface area contributed by atoms with Gasteiger partial charge in [0.1, 0.15) is 5.82 Å². The van der Waals surface area contributed by atoms with E-state index in [0.717, 1.165) is 30.5 Å². The third kappa shape index (κ3) is 2.54. The highest BCUT2D eigenvalue weighted by atomic mass is 16.1. The van der Waals surface area contributed by atoms with Crippen molar-refractivity contribution < 1.29 is 4.79 Å². The number of nitriles is 1. The number of dihydropyridines is 1.